The summed E-state index contributed by atoms with van der Waals surface area (Å²) in [5, 5.41) is 3.40. The Morgan fingerprint density at radius 1 is 1.37 bits per heavy atom. The van der Waals surface area contributed by atoms with E-state index in [1.807, 2.05) is 12.1 Å². The van der Waals surface area contributed by atoms with Gasteiger partial charge in [-0.2, -0.15) is 0 Å². The van der Waals surface area contributed by atoms with Crippen LogP contribution in [0.4, 0.5) is 8.78 Å². The van der Waals surface area contributed by atoms with E-state index in [0.29, 0.717) is 11.8 Å². The molecule has 1 aliphatic heterocycles. The van der Waals surface area contributed by atoms with Crippen molar-refractivity contribution in [3.8, 4) is 5.75 Å². The molecule has 1 saturated heterocycles. The van der Waals surface area contributed by atoms with E-state index >= 15 is 0 Å². The Bertz CT molecular complexity index is 384. The van der Waals surface area contributed by atoms with Crippen molar-refractivity contribution >= 4 is 0 Å². The molecule has 1 aliphatic rings. The first-order valence-electron chi connectivity index (χ1n) is 6.59. The van der Waals surface area contributed by atoms with Crippen LogP contribution in [0.1, 0.15) is 12.5 Å². The van der Waals surface area contributed by atoms with Crippen LogP contribution in [0.5, 0.6) is 5.75 Å². The SMILES string of the molecule is C[C@H]1CN(Cc2ccc(OCC(F)F)cc2)CCN1. The molecule has 1 N–H and O–H groups in total. The van der Waals surface area contributed by atoms with Crippen LogP contribution in [-0.2, 0) is 6.54 Å². The minimum absolute atomic E-state index is 0.498. The summed E-state index contributed by atoms with van der Waals surface area (Å²) in [6, 6.07) is 7.90. The van der Waals surface area contributed by atoms with Crippen LogP contribution in [0.2, 0.25) is 0 Å². The Balaban J connectivity index is 1.84. The molecule has 1 heterocycles. The fraction of sp³-hybridized carbons (Fsp3) is 0.571. The van der Waals surface area contributed by atoms with Gasteiger partial charge in [0, 0.05) is 32.2 Å². The van der Waals surface area contributed by atoms with Crippen LogP contribution in [-0.4, -0.2) is 43.6 Å². The predicted molar refractivity (Wildman–Crippen MR) is 70.7 cm³/mol. The van der Waals surface area contributed by atoms with Gasteiger partial charge in [-0.05, 0) is 24.6 Å². The number of hydrogen-bond donors (Lipinski definition) is 1. The molecule has 5 heteroatoms. The molecular weight excluding hydrogens is 250 g/mol. The maximum atomic E-state index is 12.0. The van der Waals surface area contributed by atoms with Crippen molar-refractivity contribution in [2.24, 2.45) is 0 Å². The molecule has 0 radical (unpaired) electrons. The number of benzene rings is 1. The molecule has 1 aromatic rings. The van der Waals surface area contributed by atoms with Crippen molar-refractivity contribution < 1.29 is 13.5 Å². The van der Waals surface area contributed by atoms with Crippen LogP contribution in [0.3, 0.4) is 0 Å². The summed E-state index contributed by atoms with van der Waals surface area (Å²) in [5.41, 5.74) is 1.18. The van der Waals surface area contributed by atoms with Crippen molar-refractivity contribution in [2.75, 3.05) is 26.2 Å². The van der Waals surface area contributed by atoms with Crippen LogP contribution < -0.4 is 10.1 Å². The highest BCUT2D eigenvalue weighted by atomic mass is 19.3. The Morgan fingerprint density at radius 2 is 2.11 bits per heavy atom. The summed E-state index contributed by atoms with van der Waals surface area (Å²) in [6.45, 7) is 5.59. The number of ether oxygens (including phenoxy) is 1. The van der Waals surface area contributed by atoms with E-state index < -0.39 is 13.0 Å². The Hall–Kier alpha value is -1.20. The van der Waals surface area contributed by atoms with Crippen molar-refractivity contribution in [2.45, 2.75) is 25.9 Å². The maximum Gasteiger partial charge on any atom is 0.272 e. The van der Waals surface area contributed by atoms with E-state index in [-0.39, 0.29) is 0 Å². The molecule has 106 valence electrons. The molecule has 3 nitrogen and oxygen atoms in total. The fourth-order valence-electron chi connectivity index (χ4n) is 2.26. The molecule has 0 bridgehead atoms. The van der Waals surface area contributed by atoms with Gasteiger partial charge in [0.15, 0.2) is 0 Å². The second-order valence-corrected chi connectivity index (χ2v) is 4.94. The highest BCUT2D eigenvalue weighted by Gasteiger charge is 2.15. The predicted octanol–water partition coefficient (Wildman–Crippen LogP) is 2.12. The van der Waals surface area contributed by atoms with Crippen molar-refractivity contribution in [1.29, 1.82) is 0 Å². The van der Waals surface area contributed by atoms with Gasteiger partial charge < -0.3 is 10.1 Å². The van der Waals surface area contributed by atoms with E-state index in [1.165, 1.54) is 5.56 Å². The molecule has 0 unspecified atom stereocenters. The first-order valence-corrected chi connectivity index (χ1v) is 6.59. The smallest absolute Gasteiger partial charge is 0.272 e. The lowest BCUT2D eigenvalue weighted by molar-refractivity contribution is 0.0819. The number of piperazine rings is 1. The fourth-order valence-corrected chi connectivity index (χ4v) is 2.26. The Labute approximate surface area is 112 Å². The quantitative estimate of drug-likeness (QED) is 0.887. The summed E-state index contributed by atoms with van der Waals surface area (Å²) >= 11 is 0. The molecule has 0 aliphatic carbocycles. The Kier molecular flexibility index (Phi) is 5.10. The Morgan fingerprint density at radius 3 is 2.74 bits per heavy atom. The summed E-state index contributed by atoms with van der Waals surface area (Å²) in [7, 11) is 0. The molecule has 1 atom stereocenters. The van der Waals surface area contributed by atoms with E-state index in [0.717, 1.165) is 26.2 Å². The lowest BCUT2D eigenvalue weighted by Crippen LogP contribution is -2.48. The van der Waals surface area contributed by atoms with Gasteiger partial charge >= 0.3 is 0 Å². The lowest BCUT2D eigenvalue weighted by atomic mass is 10.1. The number of alkyl halides is 2. The van der Waals surface area contributed by atoms with Crippen LogP contribution in [0, 0.1) is 0 Å². The third-order valence-electron chi connectivity index (χ3n) is 3.16. The minimum atomic E-state index is -2.43. The zero-order chi connectivity index (χ0) is 13.7. The van der Waals surface area contributed by atoms with E-state index in [2.05, 4.69) is 17.1 Å². The first-order chi connectivity index (χ1) is 9.13. The average Bonchev–Trinajstić information content (AvgIpc) is 2.38. The minimum Gasteiger partial charge on any atom is -0.488 e. The molecule has 0 amide bonds. The van der Waals surface area contributed by atoms with E-state index in [9.17, 15) is 8.78 Å². The van der Waals surface area contributed by atoms with Gasteiger partial charge in [0.25, 0.3) is 6.43 Å². The number of hydrogen-bond acceptors (Lipinski definition) is 3. The van der Waals surface area contributed by atoms with Crippen molar-refractivity contribution in [1.82, 2.24) is 10.2 Å². The normalized spacial score (nSPS) is 20.7. The van der Waals surface area contributed by atoms with Gasteiger partial charge in [0.05, 0.1) is 0 Å². The van der Waals surface area contributed by atoms with Crippen molar-refractivity contribution in [3.05, 3.63) is 29.8 Å². The van der Waals surface area contributed by atoms with Crippen LogP contribution >= 0.6 is 0 Å². The van der Waals surface area contributed by atoms with Gasteiger partial charge in [-0.3, -0.25) is 4.90 Å². The van der Waals surface area contributed by atoms with Gasteiger partial charge in [0.1, 0.15) is 12.4 Å². The number of halogens is 2. The van der Waals surface area contributed by atoms with Gasteiger partial charge in [-0.1, -0.05) is 12.1 Å². The van der Waals surface area contributed by atoms with Gasteiger partial charge in [-0.25, -0.2) is 8.78 Å². The number of rotatable bonds is 5. The first kappa shape index (κ1) is 14.2. The standard InChI is InChI=1S/C14H20F2N2O/c1-11-8-18(7-6-17-11)9-12-2-4-13(5-3-12)19-10-14(15)16/h2-5,11,14,17H,6-10H2,1H3/t11-/m0/s1. The number of nitrogens with one attached hydrogen (secondary N) is 1. The second kappa shape index (κ2) is 6.82. The summed E-state index contributed by atoms with van der Waals surface area (Å²) in [5.74, 6) is 0.498. The third-order valence-corrected chi connectivity index (χ3v) is 3.16. The second-order valence-electron chi connectivity index (χ2n) is 4.94. The number of nitrogens with zero attached hydrogens (tertiary/aromatic N) is 1. The highest BCUT2D eigenvalue weighted by molar-refractivity contribution is 5.27. The van der Waals surface area contributed by atoms with Gasteiger partial charge in [0.2, 0.25) is 0 Å². The molecule has 0 aromatic heterocycles. The molecule has 1 fully saturated rings. The largest absolute Gasteiger partial charge is 0.488 e. The van der Waals surface area contributed by atoms with Crippen LogP contribution in [0.15, 0.2) is 24.3 Å². The van der Waals surface area contributed by atoms with E-state index in [1.54, 1.807) is 12.1 Å². The zero-order valence-corrected chi connectivity index (χ0v) is 11.1. The summed E-state index contributed by atoms with van der Waals surface area (Å²) in [6.07, 6.45) is -2.43. The van der Waals surface area contributed by atoms with E-state index in [4.69, 9.17) is 4.74 Å². The third kappa shape index (κ3) is 4.76. The molecular formula is C14H20F2N2O. The maximum absolute atomic E-state index is 12.0. The highest BCUT2D eigenvalue weighted by Crippen LogP contribution is 2.15. The lowest BCUT2D eigenvalue weighted by Gasteiger charge is -2.31. The van der Waals surface area contributed by atoms with Gasteiger partial charge in [-0.15, -0.1) is 0 Å². The zero-order valence-electron chi connectivity index (χ0n) is 11.1. The topological polar surface area (TPSA) is 24.5 Å². The molecule has 19 heavy (non-hydrogen) atoms. The average molecular weight is 270 g/mol. The molecule has 1 aromatic carbocycles. The van der Waals surface area contributed by atoms with Crippen LogP contribution in [0.25, 0.3) is 0 Å². The monoisotopic (exact) mass is 270 g/mol. The molecule has 2 rings (SSSR count). The molecule has 0 spiro atoms. The summed E-state index contributed by atoms with van der Waals surface area (Å²) < 4.78 is 29.0. The summed E-state index contributed by atoms with van der Waals surface area (Å²) in [4.78, 5) is 2.39. The molecule has 0 saturated carbocycles. The van der Waals surface area contributed by atoms with Crippen molar-refractivity contribution in [3.63, 3.8) is 0 Å².